The number of rotatable bonds is 4. The standard InChI is InChI=1S/C14H10Cl2N2O6/c1-18-13(22)7(12(21)17-14(18)23)2-6-3-8(15)11(9(16)4-6)24-5-10(19)20/h2-4H,5H2,1H3,(H,19,20)(H,17,21,23). The van der Waals surface area contributed by atoms with Gasteiger partial charge in [0.05, 0.1) is 10.0 Å². The molecule has 1 aliphatic rings. The number of halogens is 2. The zero-order valence-corrected chi connectivity index (χ0v) is 13.6. The van der Waals surface area contributed by atoms with Crippen molar-refractivity contribution in [1.82, 2.24) is 10.2 Å². The van der Waals surface area contributed by atoms with Crippen LogP contribution in [0.15, 0.2) is 17.7 Å². The first-order valence-corrected chi connectivity index (χ1v) is 7.15. The zero-order valence-electron chi connectivity index (χ0n) is 12.1. The molecule has 0 saturated carbocycles. The van der Waals surface area contributed by atoms with Gasteiger partial charge >= 0.3 is 12.0 Å². The minimum absolute atomic E-state index is 0.00342. The number of carboxylic acid groups (broad SMARTS) is 1. The molecule has 4 amide bonds. The summed E-state index contributed by atoms with van der Waals surface area (Å²) >= 11 is 12.0. The highest BCUT2D eigenvalue weighted by atomic mass is 35.5. The number of likely N-dealkylation sites (N-methyl/N-ethyl adjacent to an activating group) is 1. The highest BCUT2D eigenvalue weighted by Gasteiger charge is 2.33. The number of barbiturate groups is 1. The lowest BCUT2D eigenvalue weighted by atomic mass is 10.1. The number of carboxylic acids is 1. The Kier molecular flexibility index (Phi) is 5.10. The number of nitrogens with one attached hydrogen (secondary N) is 1. The summed E-state index contributed by atoms with van der Waals surface area (Å²) in [6, 6.07) is 1.86. The molecule has 0 radical (unpaired) electrons. The Morgan fingerprint density at radius 3 is 2.42 bits per heavy atom. The molecule has 0 aliphatic carbocycles. The molecule has 126 valence electrons. The van der Waals surface area contributed by atoms with Crippen molar-refractivity contribution >= 4 is 53.1 Å². The molecule has 1 aliphatic heterocycles. The molecular weight excluding hydrogens is 363 g/mol. The number of benzene rings is 1. The minimum Gasteiger partial charge on any atom is -0.479 e. The number of carbonyl (C=O) groups excluding carboxylic acids is 3. The first kappa shape index (κ1) is 17.8. The van der Waals surface area contributed by atoms with Gasteiger partial charge in [-0.05, 0) is 23.8 Å². The highest BCUT2D eigenvalue weighted by Crippen LogP contribution is 2.35. The van der Waals surface area contributed by atoms with E-state index in [0.29, 0.717) is 5.56 Å². The van der Waals surface area contributed by atoms with Crippen molar-refractivity contribution in [2.24, 2.45) is 0 Å². The van der Waals surface area contributed by atoms with E-state index in [1.807, 2.05) is 5.32 Å². The Bertz CT molecular complexity index is 766. The summed E-state index contributed by atoms with van der Waals surface area (Å²) in [4.78, 5) is 46.4. The fraction of sp³-hybridized carbons (Fsp3) is 0.143. The van der Waals surface area contributed by atoms with Crippen LogP contribution >= 0.6 is 23.2 Å². The molecule has 2 rings (SSSR count). The van der Waals surface area contributed by atoms with Crippen molar-refractivity contribution in [3.63, 3.8) is 0 Å². The summed E-state index contributed by atoms with van der Waals surface area (Å²) in [7, 11) is 1.22. The maximum atomic E-state index is 12.0. The van der Waals surface area contributed by atoms with Crippen LogP contribution in [0.4, 0.5) is 4.79 Å². The first-order chi connectivity index (χ1) is 11.2. The van der Waals surface area contributed by atoms with Gasteiger partial charge in [-0.1, -0.05) is 23.2 Å². The Morgan fingerprint density at radius 1 is 1.29 bits per heavy atom. The van der Waals surface area contributed by atoms with Gasteiger partial charge in [0, 0.05) is 7.05 Å². The van der Waals surface area contributed by atoms with Gasteiger partial charge in [-0.3, -0.25) is 19.8 Å². The number of aliphatic carboxylic acids is 1. The monoisotopic (exact) mass is 372 g/mol. The Morgan fingerprint density at radius 2 is 1.88 bits per heavy atom. The quantitative estimate of drug-likeness (QED) is 0.612. The van der Waals surface area contributed by atoms with Gasteiger partial charge in [-0.15, -0.1) is 0 Å². The van der Waals surface area contributed by atoms with Crippen molar-refractivity contribution in [2.75, 3.05) is 13.7 Å². The summed E-state index contributed by atoms with van der Waals surface area (Å²) < 4.78 is 4.96. The molecule has 0 spiro atoms. The Labute approximate surface area is 145 Å². The molecule has 1 fully saturated rings. The van der Waals surface area contributed by atoms with E-state index < -0.39 is 30.4 Å². The normalized spacial score (nSPS) is 16.4. The third kappa shape index (κ3) is 3.66. The molecule has 1 aromatic carbocycles. The Balaban J connectivity index is 2.36. The average molecular weight is 373 g/mol. The zero-order chi connectivity index (χ0) is 18.0. The van der Waals surface area contributed by atoms with E-state index in [-0.39, 0.29) is 21.4 Å². The van der Waals surface area contributed by atoms with E-state index in [1.165, 1.54) is 25.3 Å². The fourth-order valence-corrected chi connectivity index (χ4v) is 2.46. The molecule has 2 N–H and O–H groups in total. The van der Waals surface area contributed by atoms with Gasteiger partial charge in [0.25, 0.3) is 11.8 Å². The van der Waals surface area contributed by atoms with E-state index in [9.17, 15) is 19.2 Å². The fourth-order valence-electron chi connectivity index (χ4n) is 1.85. The second kappa shape index (κ2) is 6.90. The number of urea groups is 1. The largest absolute Gasteiger partial charge is 0.479 e. The number of amides is 4. The summed E-state index contributed by atoms with van der Waals surface area (Å²) in [6.45, 7) is -0.631. The summed E-state index contributed by atoms with van der Waals surface area (Å²) in [6.07, 6.45) is 1.21. The van der Waals surface area contributed by atoms with Gasteiger partial charge in [-0.2, -0.15) is 0 Å². The van der Waals surface area contributed by atoms with Crippen molar-refractivity contribution < 1.29 is 29.0 Å². The maximum Gasteiger partial charge on any atom is 0.341 e. The molecule has 0 unspecified atom stereocenters. The number of carbonyl (C=O) groups is 4. The molecule has 1 aromatic rings. The van der Waals surface area contributed by atoms with Crippen molar-refractivity contribution in [3.05, 3.63) is 33.3 Å². The van der Waals surface area contributed by atoms with E-state index in [2.05, 4.69) is 0 Å². The third-order valence-electron chi connectivity index (χ3n) is 2.98. The van der Waals surface area contributed by atoms with Crippen molar-refractivity contribution in [3.8, 4) is 5.75 Å². The molecule has 0 aromatic heterocycles. The number of nitrogens with zero attached hydrogens (tertiary/aromatic N) is 1. The number of hydrogen-bond acceptors (Lipinski definition) is 5. The number of ether oxygens (including phenoxy) is 1. The predicted octanol–water partition coefficient (Wildman–Crippen LogP) is 1.55. The van der Waals surface area contributed by atoms with Gasteiger partial charge in [0.1, 0.15) is 5.57 Å². The number of imide groups is 2. The summed E-state index contributed by atoms with van der Waals surface area (Å²) in [5.74, 6) is -2.86. The first-order valence-electron chi connectivity index (χ1n) is 6.39. The summed E-state index contributed by atoms with van der Waals surface area (Å²) in [5, 5.41) is 10.6. The molecular formula is C14H10Cl2N2O6. The van der Waals surface area contributed by atoms with Crippen LogP contribution in [0.5, 0.6) is 5.75 Å². The average Bonchev–Trinajstić information content (AvgIpc) is 2.48. The van der Waals surface area contributed by atoms with Crippen LogP contribution in [0.3, 0.4) is 0 Å². The SMILES string of the molecule is CN1C(=O)NC(=O)C(=Cc2cc(Cl)c(OCC(=O)O)c(Cl)c2)C1=O. The molecule has 0 bridgehead atoms. The molecule has 24 heavy (non-hydrogen) atoms. The second-order valence-corrected chi connectivity index (χ2v) is 5.49. The van der Waals surface area contributed by atoms with E-state index >= 15 is 0 Å². The maximum absolute atomic E-state index is 12.0. The van der Waals surface area contributed by atoms with E-state index in [1.54, 1.807) is 0 Å². The smallest absolute Gasteiger partial charge is 0.341 e. The van der Waals surface area contributed by atoms with Crippen LogP contribution in [0, 0.1) is 0 Å². The van der Waals surface area contributed by atoms with Crippen LogP contribution < -0.4 is 10.1 Å². The third-order valence-corrected chi connectivity index (χ3v) is 3.54. The van der Waals surface area contributed by atoms with E-state index in [4.69, 9.17) is 33.0 Å². The number of hydrogen-bond donors (Lipinski definition) is 2. The Hall–Kier alpha value is -2.58. The van der Waals surface area contributed by atoms with Crippen molar-refractivity contribution in [2.45, 2.75) is 0 Å². The van der Waals surface area contributed by atoms with Gasteiger partial charge in [0.15, 0.2) is 12.4 Å². The van der Waals surface area contributed by atoms with Crippen LogP contribution in [-0.4, -0.2) is 47.5 Å². The molecule has 1 saturated heterocycles. The second-order valence-electron chi connectivity index (χ2n) is 4.68. The van der Waals surface area contributed by atoms with Crippen LogP contribution in [-0.2, 0) is 14.4 Å². The lowest BCUT2D eigenvalue weighted by Gasteiger charge is -2.22. The van der Waals surface area contributed by atoms with Crippen LogP contribution in [0.25, 0.3) is 6.08 Å². The lowest BCUT2D eigenvalue weighted by Crippen LogP contribution is -2.52. The van der Waals surface area contributed by atoms with Gasteiger partial charge in [-0.25, -0.2) is 9.59 Å². The summed E-state index contributed by atoms with van der Waals surface area (Å²) in [5.41, 5.74) is 0.0253. The highest BCUT2D eigenvalue weighted by molar-refractivity contribution is 6.37. The lowest BCUT2D eigenvalue weighted by molar-refractivity contribution is -0.139. The predicted molar refractivity (Wildman–Crippen MR) is 83.9 cm³/mol. The topological polar surface area (TPSA) is 113 Å². The van der Waals surface area contributed by atoms with Crippen molar-refractivity contribution in [1.29, 1.82) is 0 Å². The van der Waals surface area contributed by atoms with Crippen LogP contribution in [0.1, 0.15) is 5.56 Å². The molecule has 8 nitrogen and oxygen atoms in total. The van der Waals surface area contributed by atoms with Gasteiger partial charge < -0.3 is 9.84 Å². The molecule has 0 atom stereocenters. The van der Waals surface area contributed by atoms with E-state index in [0.717, 1.165) is 4.90 Å². The van der Waals surface area contributed by atoms with Gasteiger partial charge in [0.2, 0.25) is 0 Å². The molecule has 10 heteroatoms. The van der Waals surface area contributed by atoms with Crippen LogP contribution in [0.2, 0.25) is 10.0 Å². The minimum atomic E-state index is -1.20. The molecule has 1 heterocycles.